The van der Waals surface area contributed by atoms with Gasteiger partial charge in [-0.2, -0.15) is 23.7 Å². The Bertz CT molecular complexity index is 647. The van der Waals surface area contributed by atoms with Crippen LogP contribution in [0.15, 0.2) is 12.1 Å². The second-order valence-electron chi connectivity index (χ2n) is 4.11. The molecule has 0 heterocycles. The number of hydrogen-bond donors (Lipinski definition) is 3. The lowest BCUT2D eigenvalue weighted by Gasteiger charge is -2.07. The third-order valence-corrected chi connectivity index (χ3v) is 3.97. The highest BCUT2D eigenvalue weighted by molar-refractivity contribution is 7.77. The molecule has 0 aliphatic carbocycles. The smallest absolute Gasteiger partial charge is 0.377 e. The van der Waals surface area contributed by atoms with E-state index in [1.54, 1.807) is 7.05 Å². The zero-order valence-corrected chi connectivity index (χ0v) is 18.6. The van der Waals surface area contributed by atoms with Gasteiger partial charge in [-0.1, -0.05) is 47.6 Å². The van der Waals surface area contributed by atoms with Gasteiger partial charge in [-0.15, -0.1) is 6.42 Å². The fourth-order valence-electron chi connectivity index (χ4n) is 0.941. The molecule has 1 aromatic rings. The zero-order chi connectivity index (χ0) is 21.4. The van der Waals surface area contributed by atoms with E-state index in [1.165, 1.54) is 17.2 Å². The molecule has 0 fully saturated rings. The highest BCUT2D eigenvalue weighted by atomic mass is 35.5. The van der Waals surface area contributed by atoms with Gasteiger partial charge in [0.25, 0.3) is 0 Å². The van der Waals surface area contributed by atoms with Crippen LogP contribution in [0, 0.1) is 12.3 Å². The van der Waals surface area contributed by atoms with Gasteiger partial charge >= 0.3 is 11.4 Å². The molecule has 14 heteroatoms. The van der Waals surface area contributed by atoms with Crippen molar-refractivity contribution in [2.45, 2.75) is 6.92 Å². The normalized spacial score (nSPS) is 12.0. The van der Waals surface area contributed by atoms with Gasteiger partial charge in [0.1, 0.15) is 0 Å². The van der Waals surface area contributed by atoms with Gasteiger partial charge in [0.15, 0.2) is 5.75 Å². The second-order valence-corrected chi connectivity index (χ2v) is 6.77. The number of nitrogens with one attached hydrogen (secondary N) is 1. The SMILES string of the molecule is C#CCN(C)OS(N)=O.CCNC.NOS(=O)Oc1cc(Cl)c(Cl)cc1Cl. The van der Waals surface area contributed by atoms with Gasteiger partial charge in [-0.3, -0.25) is 0 Å². The summed E-state index contributed by atoms with van der Waals surface area (Å²) in [4.78, 5) is 0. The maximum atomic E-state index is 10.7. The summed E-state index contributed by atoms with van der Waals surface area (Å²) < 4.78 is 33.8. The van der Waals surface area contributed by atoms with E-state index in [4.69, 9.17) is 46.4 Å². The van der Waals surface area contributed by atoms with Crippen molar-refractivity contribution in [2.75, 3.05) is 27.2 Å². The van der Waals surface area contributed by atoms with Crippen LogP contribution in [0.5, 0.6) is 5.75 Å². The molecule has 0 saturated heterocycles. The lowest BCUT2D eigenvalue weighted by Crippen LogP contribution is -2.23. The van der Waals surface area contributed by atoms with Crippen LogP contribution in [-0.4, -0.2) is 40.7 Å². The summed E-state index contributed by atoms with van der Waals surface area (Å²) in [6, 6.07) is 2.66. The Morgan fingerprint density at radius 1 is 1.26 bits per heavy atom. The van der Waals surface area contributed by atoms with Gasteiger partial charge in [-0.25, -0.2) is 9.35 Å². The molecule has 27 heavy (non-hydrogen) atoms. The first-order valence-electron chi connectivity index (χ1n) is 6.88. The van der Waals surface area contributed by atoms with Gasteiger partial charge in [0, 0.05) is 13.1 Å². The lowest BCUT2D eigenvalue weighted by atomic mass is 10.3. The fraction of sp³-hybridized carbons (Fsp3) is 0.385. The van der Waals surface area contributed by atoms with Gasteiger partial charge < -0.3 is 9.50 Å². The van der Waals surface area contributed by atoms with E-state index in [-0.39, 0.29) is 27.4 Å². The molecule has 5 N–H and O–H groups in total. The molecule has 0 aliphatic rings. The van der Waals surface area contributed by atoms with E-state index in [0.717, 1.165) is 6.54 Å². The molecule has 0 saturated carbocycles. The molecule has 1 aromatic carbocycles. The summed E-state index contributed by atoms with van der Waals surface area (Å²) in [5.74, 6) is 6.97. The number of hydrogen-bond acceptors (Lipinski definition) is 8. The standard InChI is InChI=1S/C6H4Cl3NO3S.C4H8N2O2S.C3H9N/c7-3-1-5(9)6(2-4(3)8)12-14(11)13-10;1-3-4-6(2)8-9(5)7;1-3-4-2/h1-2H,10H2;1H,4-5H2,2H3;4H,3H2,1-2H3. The highest BCUT2D eigenvalue weighted by Crippen LogP contribution is 2.34. The molecule has 2 atom stereocenters. The topological polar surface area (TPSA) is 129 Å². The number of rotatable bonds is 7. The van der Waals surface area contributed by atoms with Crippen molar-refractivity contribution in [1.29, 1.82) is 0 Å². The Labute approximate surface area is 179 Å². The Hall–Kier alpha value is -0.490. The molecule has 1 rings (SSSR count). The number of benzene rings is 1. The predicted octanol–water partition coefficient (Wildman–Crippen LogP) is 1.74. The number of nitrogens with zero attached hydrogens (tertiary/aromatic N) is 1. The second kappa shape index (κ2) is 17.6. The maximum absolute atomic E-state index is 10.7. The minimum Gasteiger partial charge on any atom is -0.377 e. The first-order valence-corrected chi connectivity index (χ1v) is 10.2. The van der Waals surface area contributed by atoms with Crippen molar-refractivity contribution in [1.82, 2.24) is 10.4 Å². The molecule has 0 radical (unpaired) electrons. The van der Waals surface area contributed by atoms with Crippen LogP contribution in [0.1, 0.15) is 6.92 Å². The van der Waals surface area contributed by atoms with E-state index in [2.05, 4.69) is 36.8 Å². The van der Waals surface area contributed by atoms with Crippen molar-refractivity contribution in [3.05, 3.63) is 27.2 Å². The molecule has 0 amide bonds. The number of hydroxylamine groups is 2. The molecule has 0 bridgehead atoms. The summed E-state index contributed by atoms with van der Waals surface area (Å²) >= 11 is 13.1. The van der Waals surface area contributed by atoms with Gasteiger partial charge in [0.2, 0.25) is 11.3 Å². The van der Waals surface area contributed by atoms with Crippen molar-refractivity contribution in [3.8, 4) is 18.1 Å². The minimum absolute atomic E-state index is 0.0739. The third-order valence-electron chi connectivity index (χ3n) is 2.08. The van der Waals surface area contributed by atoms with E-state index in [9.17, 15) is 8.42 Å². The summed E-state index contributed by atoms with van der Waals surface area (Å²) in [6.07, 6.45) is 4.89. The number of halogens is 3. The Morgan fingerprint density at radius 3 is 2.19 bits per heavy atom. The van der Waals surface area contributed by atoms with Crippen LogP contribution in [0.4, 0.5) is 0 Å². The summed E-state index contributed by atoms with van der Waals surface area (Å²) in [7, 11) is 3.48. The minimum atomic E-state index is -2.11. The first-order chi connectivity index (χ1) is 12.6. The van der Waals surface area contributed by atoms with Crippen LogP contribution < -0.4 is 20.5 Å². The molecule has 9 nitrogen and oxygen atoms in total. The molecule has 156 valence electrons. The summed E-state index contributed by atoms with van der Waals surface area (Å²) in [5, 5.41) is 9.56. The summed E-state index contributed by atoms with van der Waals surface area (Å²) in [5.41, 5.74) is 0. The molecular weight excluding hydrogens is 463 g/mol. The first kappa shape index (κ1) is 28.7. The Kier molecular flexibility index (Phi) is 18.7. The third kappa shape index (κ3) is 16.2. The monoisotopic (exact) mass is 482 g/mol. The average Bonchev–Trinajstić information content (AvgIpc) is 2.59. The fourth-order valence-corrected chi connectivity index (χ4v) is 2.19. The van der Waals surface area contributed by atoms with Crippen molar-refractivity contribution < 1.29 is 21.2 Å². The van der Waals surface area contributed by atoms with Crippen LogP contribution in [0.25, 0.3) is 0 Å². The van der Waals surface area contributed by atoms with Crippen LogP contribution in [-0.2, 0) is 31.2 Å². The van der Waals surface area contributed by atoms with Crippen LogP contribution in [0.2, 0.25) is 15.1 Å². The zero-order valence-electron chi connectivity index (χ0n) is 14.7. The highest BCUT2D eigenvalue weighted by Gasteiger charge is 2.10. The van der Waals surface area contributed by atoms with Crippen LogP contribution in [0.3, 0.4) is 0 Å². The largest absolute Gasteiger partial charge is 0.377 e. The van der Waals surface area contributed by atoms with Crippen molar-refractivity contribution in [3.63, 3.8) is 0 Å². The number of terminal acetylenes is 1. The maximum Gasteiger partial charge on any atom is 0.377 e. The molecule has 0 aliphatic heterocycles. The predicted molar refractivity (Wildman–Crippen MR) is 110 cm³/mol. The summed E-state index contributed by atoms with van der Waals surface area (Å²) in [6.45, 7) is 3.41. The molecule has 0 aromatic heterocycles. The molecule has 2 unspecified atom stereocenters. The average molecular weight is 484 g/mol. The Morgan fingerprint density at radius 2 is 1.78 bits per heavy atom. The van der Waals surface area contributed by atoms with E-state index >= 15 is 0 Å². The van der Waals surface area contributed by atoms with Crippen molar-refractivity contribution in [2.24, 2.45) is 11.0 Å². The van der Waals surface area contributed by atoms with E-state index in [1.807, 2.05) is 7.05 Å². The van der Waals surface area contributed by atoms with Gasteiger partial charge in [0.05, 0.1) is 21.6 Å². The lowest BCUT2D eigenvalue weighted by molar-refractivity contribution is -0.00146. The number of nitrogens with two attached hydrogens (primary N) is 2. The van der Waals surface area contributed by atoms with Gasteiger partial charge in [-0.05, 0) is 19.7 Å². The quantitative estimate of drug-likeness (QED) is 0.304. The van der Waals surface area contributed by atoms with Crippen LogP contribution >= 0.6 is 34.8 Å². The molecular formula is C13H21Cl3N4O5S2. The Balaban J connectivity index is 0. The van der Waals surface area contributed by atoms with Crippen molar-refractivity contribution >= 4 is 57.4 Å². The van der Waals surface area contributed by atoms with E-state index in [0.29, 0.717) is 0 Å². The molecule has 0 spiro atoms. The van der Waals surface area contributed by atoms with E-state index < -0.39 is 22.6 Å².